The van der Waals surface area contributed by atoms with Gasteiger partial charge in [0.1, 0.15) is 4.21 Å². The van der Waals surface area contributed by atoms with Crippen molar-refractivity contribution in [2.45, 2.75) is 50.4 Å². The van der Waals surface area contributed by atoms with Gasteiger partial charge < -0.3 is 5.32 Å². The second-order valence-corrected chi connectivity index (χ2v) is 8.85. The van der Waals surface area contributed by atoms with E-state index in [4.69, 9.17) is 0 Å². The lowest BCUT2D eigenvalue weighted by Gasteiger charge is -2.21. The zero-order valence-corrected chi connectivity index (χ0v) is 14.1. The summed E-state index contributed by atoms with van der Waals surface area (Å²) < 4.78 is 27.2. The van der Waals surface area contributed by atoms with E-state index in [-0.39, 0.29) is 0 Å². The molecule has 1 aromatic heterocycles. The summed E-state index contributed by atoms with van der Waals surface area (Å²) in [4.78, 5) is 0. The standard InChI is InChI=1S/C14H24N2O2S2/c1-4-16(9-11(2)3)20(17,18)14-7-12(10-19-14)8-15-13-5-6-13/h7,10-11,13,15H,4-6,8-9H2,1-3H3. The van der Waals surface area contributed by atoms with Gasteiger partial charge >= 0.3 is 0 Å². The lowest BCUT2D eigenvalue weighted by Crippen LogP contribution is -2.33. The minimum absolute atomic E-state index is 0.334. The molecule has 1 aliphatic carbocycles. The second kappa shape index (κ2) is 6.56. The van der Waals surface area contributed by atoms with Gasteiger partial charge in [0.25, 0.3) is 10.0 Å². The molecule has 1 N–H and O–H groups in total. The maximum Gasteiger partial charge on any atom is 0.252 e. The highest BCUT2D eigenvalue weighted by atomic mass is 32.2. The fourth-order valence-electron chi connectivity index (χ4n) is 2.06. The predicted octanol–water partition coefficient (Wildman–Crippen LogP) is 2.67. The van der Waals surface area contributed by atoms with Crippen LogP contribution in [0.2, 0.25) is 0 Å². The van der Waals surface area contributed by atoms with Crippen LogP contribution in [0.4, 0.5) is 0 Å². The first-order valence-electron chi connectivity index (χ1n) is 7.24. The van der Waals surface area contributed by atoms with Crippen LogP contribution in [0.25, 0.3) is 0 Å². The summed E-state index contributed by atoms with van der Waals surface area (Å²) in [6, 6.07) is 2.46. The number of hydrogen-bond acceptors (Lipinski definition) is 4. The highest BCUT2D eigenvalue weighted by Crippen LogP contribution is 2.25. The van der Waals surface area contributed by atoms with Crippen molar-refractivity contribution < 1.29 is 8.42 Å². The van der Waals surface area contributed by atoms with Crippen molar-refractivity contribution in [3.8, 4) is 0 Å². The highest BCUT2D eigenvalue weighted by molar-refractivity contribution is 7.91. The Kier molecular flexibility index (Phi) is 5.23. The summed E-state index contributed by atoms with van der Waals surface area (Å²) >= 11 is 1.33. The first-order chi connectivity index (χ1) is 9.43. The van der Waals surface area contributed by atoms with Crippen molar-refractivity contribution >= 4 is 21.4 Å². The monoisotopic (exact) mass is 316 g/mol. The molecule has 0 atom stereocenters. The SMILES string of the molecule is CCN(CC(C)C)S(=O)(=O)c1cc(CNC2CC2)cs1. The van der Waals surface area contributed by atoms with Gasteiger partial charge in [0, 0.05) is 25.7 Å². The van der Waals surface area contributed by atoms with Gasteiger partial charge in [-0.05, 0) is 35.8 Å². The first kappa shape index (κ1) is 15.9. The van der Waals surface area contributed by atoms with E-state index in [1.54, 1.807) is 4.31 Å². The molecule has 1 heterocycles. The smallest absolute Gasteiger partial charge is 0.252 e. The number of rotatable bonds is 8. The molecule has 1 aromatic rings. The third-order valence-electron chi connectivity index (χ3n) is 3.32. The Morgan fingerprint density at radius 2 is 2.15 bits per heavy atom. The van der Waals surface area contributed by atoms with Crippen LogP contribution in [-0.2, 0) is 16.6 Å². The molecule has 2 rings (SSSR count). The van der Waals surface area contributed by atoms with Gasteiger partial charge in [-0.15, -0.1) is 11.3 Å². The van der Waals surface area contributed by atoms with E-state index in [2.05, 4.69) is 5.32 Å². The summed E-state index contributed by atoms with van der Waals surface area (Å²) in [5.41, 5.74) is 1.07. The average molecular weight is 316 g/mol. The van der Waals surface area contributed by atoms with Crippen molar-refractivity contribution in [2.24, 2.45) is 5.92 Å². The third kappa shape index (κ3) is 4.04. The maximum atomic E-state index is 12.6. The highest BCUT2D eigenvalue weighted by Gasteiger charge is 2.26. The quantitative estimate of drug-likeness (QED) is 0.802. The lowest BCUT2D eigenvalue weighted by atomic mass is 10.2. The molecule has 0 unspecified atom stereocenters. The van der Waals surface area contributed by atoms with E-state index >= 15 is 0 Å². The lowest BCUT2D eigenvalue weighted by molar-refractivity contribution is 0.382. The van der Waals surface area contributed by atoms with Crippen LogP contribution in [0.5, 0.6) is 0 Å². The fraction of sp³-hybridized carbons (Fsp3) is 0.714. The van der Waals surface area contributed by atoms with Crippen molar-refractivity contribution in [3.63, 3.8) is 0 Å². The predicted molar refractivity (Wildman–Crippen MR) is 83.5 cm³/mol. The van der Waals surface area contributed by atoms with Gasteiger partial charge in [0.2, 0.25) is 0 Å². The molecule has 0 bridgehead atoms. The van der Waals surface area contributed by atoms with Crippen LogP contribution in [0, 0.1) is 5.92 Å². The van der Waals surface area contributed by atoms with Crippen LogP contribution >= 0.6 is 11.3 Å². The van der Waals surface area contributed by atoms with Gasteiger partial charge in [-0.1, -0.05) is 20.8 Å². The fourth-order valence-corrected chi connectivity index (χ4v) is 5.04. The van der Waals surface area contributed by atoms with Gasteiger partial charge in [0.15, 0.2) is 0 Å². The van der Waals surface area contributed by atoms with Crippen LogP contribution < -0.4 is 5.32 Å². The molecule has 6 heteroatoms. The molecule has 0 amide bonds. The number of thiophene rings is 1. The van der Waals surface area contributed by atoms with E-state index in [9.17, 15) is 8.42 Å². The summed E-state index contributed by atoms with van der Waals surface area (Å²) in [5.74, 6) is 0.334. The van der Waals surface area contributed by atoms with E-state index in [1.807, 2.05) is 32.2 Å². The molecule has 0 spiro atoms. The maximum absolute atomic E-state index is 12.6. The van der Waals surface area contributed by atoms with Crippen molar-refractivity contribution in [2.75, 3.05) is 13.1 Å². The largest absolute Gasteiger partial charge is 0.310 e. The second-order valence-electron chi connectivity index (χ2n) is 5.78. The minimum atomic E-state index is -3.32. The Morgan fingerprint density at radius 3 is 2.70 bits per heavy atom. The van der Waals surface area contributed by atoms with E-state index in [1.165, 1.54) is 24.2 Å². The zero-order valence-electron chi connectivity index (χ0n) is 12.4. The van der Waals surface area contributed by atoms with Gasteiger partial charge in [-0.3, -0.25) is 0 Å². The zero-order chi connectivity index (χ0) is 14.8. The third-order valence-corrected chi connectivity index (χ3v) is 6.72. The molecule has 0 aliphatic heterocycles. The summed E-state index contributed by atoms with van der Waals surface area (Å²) in [7, 11) is -3.32. The Balaban J connectivity index is 2.07. The molecule has 0 saturated heterocycles. The molecule has 1 aliphatic rings. The average Bonchev–Trinajstić information content (AvgIpc) is 3.09. The Labute approximate surface area is 126 Å². The van der Waals surface area contributed by atoms with Crippen LogP contribution in [-0.4, -0.2) is 31.9 Å². The van der Waals surface area contributed by atoms with E-state index < -0.39 is 10.0 Å². The summed E-state index contributed by atoms with van der Waals surface area (Å²) in [5, 5.41) is 5.36. The Morgan fingerprint density at radius 1 is 1.45 bits per heavy atom. The Bertz CT molecular complexity index is 533. The topological polar surface area (TPSA) is 49.4 Å². The van der Waals surface area contributed by atoms with Crippen LogP contribution in [0.1, 0.15) is 39.2 Å². The first-order valence-corrected chi connectivity index (χ1v) is 9.56. The van der Waals surface area contributed by atoms with Gasteiger partial charge in [-0.2, -0.15) is 4.31 Å². The number of nitrogens with one attached hydrogen (secondary N) is 1. The number of hydrogen-bond donors (Lipinski definition) is 1. The molecule has 20 heavy (non-hydrogen) atoms. The van der Waals surface area contributed by atoms with Crippen LogP contribution in [0.3, 0.4) is 0 Å². The van der Waals surface area contributed by atoms with Gasteiger partial charge in [-0.25, -0.2) is 8.42 Å². The summed E-state index contributed by atoms with van der Waals surface area (Å²) in [6.07, 6.45) is 2.49. The Hall–Kier alpha value is -0.430. The molecule has 1 saturated carbocycles. The molecule has 1 fully saturated rings. The number of sulfonamides is 1. The van der Waals surface area contributed by atoms with Gasteiger partial charge in [0.05, 0.1) is 0 Å². The minimum Gasteiger partial charge on any atom is -0.310 e. The number of nitrogens with zero attached hydrogens (tertiary/aromatic N) is 1. The van der Waals surface area contributed by atoms with E-state index in [0.717, 1.165) is 12.1 Å². The molecule has 0 radical (unpaired) electrons. The van der Waals surface area contributed by atoms with E-state index in [0.29, 0.717) is 29.3 Å². The molecule has 114 valence electrons. The molecular weight excluding hydrogens is 292 g/mol. The van der Waals surface area contributed by atoms with Crippen molar-refractivity contribution in [1.29, 1.82) is 0 Å². The molecule has 4 nitrogen and oxygen atoms in total. The molecule has 0 aromatic carbocycles. The summed E-state index contributed by atoms with van der Waals surface area (Å²) in [6.45, 7) is 7.84. The normalized spacial score (nSPS) is 16.2. The van der Waals surface area contributed by atoms with Crippen molar-refractivity contribution in [1.82, 2.24) is 9.62 Å². The molecular formula is C14H24N2O2S2. The van der Waals surface area contributed by atoms with Crippen LogP contribution in [0.15, 0.2) is 15.7 Å². The van der Waals surface area contributed by atoms with Crippen molar-refractivity contribution in [3.05, 3.63) is 17.0 Å².